The van der Waals surface area contributed by atoms with Gasteiger partial charge in [-0.05, 0) is 34.1 Å². The van der Waals surface area contributed by atoms with Gasteiger partial charge < -0.3 is 24.1 Å². The summed E-state index contributed by atoms with van der Waals surface area (Å²) in [5, 5.41) is 10.5. The number of rotatable bonds is 2. The highest BCUT2D eigenvalue weighted by atomic mass is 16.6. The highest BCUT2D eigenvalue weighted by molar-refractivity contribution is 5.80. The van der Waals surface area contributed by atoms with Gasteiger partial charge in [-0.15, -0.1) is 0 Å². The average Bonchev–Trinajstić information content (AvgIpc) is 2.38. The Kier molecular flexibility index (Phi) is 3.93. The fraction of sp³-hybridized carbons (Fsp3) is 0.867. The minimum atomic E-state index is -1.71. The van der Waals surface area contributed by atoms with Crippen molar-refractivity contribution in [2.24, 2.45) is 5.92 Å². The molecule has 21 heavy (non-hydrogen) atoms. The molecule has 1 saturated heterocycles. The molecule has 120 valence electrons. The van der Waals surface area contributed by atoms with Crippen molar-refractivity contribution in [2.45, 2.75) is 69.5 Å². The van der Waals surface area contributed by atoms with Crippen molar-refractivity contribution in [3.8, 4) is 0 Å². The third-order valence-electron chi connectivity index (χ3n) is 4.97. The third kappa shape index (κ3) is 2.60. The number of esters is 1. The van der Waals surface area contributed by atoms with E-state index in [4.69, 9.17) is 9.47 Å². The van der Waals surface area contributed by atoms with E-state index < -0.39 is 40.9 Å². The molecule has 0 radical (unpaired) electrons. The molecule has 2 aliphatic rings. The van der Waals surface area contributed by atoms with Crippen LogP contribution in [0.25, 0.3) is 0 Å². The van der Waals surface area contributed by atoms with Gasteiger partial charge in [-0.3, -0.25) is 0 Å². The zero-order valence-corrected chi connectivity index (χ0v) is 13.2. The zero-order chi connectivity index (χ0) is 16.1. The van der Waals surface area contributed by atoms with Crippen LogP contribution in [-0.4, -0.2) is 53.5 Å². The number of carbonyl (C=O) groups is 2. The Morgan fingerprint density at radius 2 is 1.76 bits per heavy atom. The molecule has 1 heterocycles. The normalized spacial score (nSPS) is 41.0. The van der Waals surface area contributed by atoms with Gasteiger partial charge in [0.2, 0.25) is 0 Å². The van der Waals surface area contributed by atoms with E-state index in [9.17, 15) is 14.7 Å². The number of ether oxygens (including phenoxy) is 3. The minimum Gasteiger partial charge on any atom is -0.467 e. The number of aliphatic hydroxyl groups is 1. The molecule has 4 atom stereocenters. The van der Waals surface area contributed by atoms with Crippen molar-refractivity contribution in [2.75, 3.05) is 7.11 Å². The Morgan fingerprint density at radius 1 is 1.19 bits per heavy atom. The van der Waals surface area contributed by atoms with E-state index in [0.29, 0.717) is 0 Å². The summed E-state index contributed by atoms with van der Waals surface area (Å²) in [6, 6.07) is 0. The number of fused-ring (bicyclic) bond motifs is 1. The van der Waals surface area contributed by atoms with Crippen molar-refractivity contribution in [1.82, 2.24) is 0 Å². The molecule has 0 aromatic heterocycles. The van der Waals surface area contributed by atoms with Crippen molar-refractivity contribution in [3.05, 3.63) is 0 Å². The Hall–Kier alpha value is -0.980. The standard InChI is InChI=1S/C15H24O6/c1-13(2)14(3,4)21-11-9(8-16)6-15(18,12(17)19-5)7-10(11)20-13/h8-11,18H,6-7H2,1-5H3. The first-order valence-corrected chi connectivity index (χ1v) is 7.18. The molecule has 2 rings (SSSR count). The van der Waals surface area contributed by atoms with Crippen LogP contribution >= 0.6 is 0 Å². The average molecular weight is 300 g/mol. The van der Waals surface area contributed by atoms with E-state index >= 15 is 0 Å². The third-order valence-corrected chi connectivity index (χ3v) is 4.97. The molecular weight excluding hydrogens is 276 g/mol. The fourth-order valence-corrected chi connectivity index (χ4v) is 3.07. The van der Waals surface area contributed by atoms with Crippen LogP contribution in [0.2, 0.25) is 0 Å². The summed E-state index contributed by atoms with van der Waals surface area (Å²) >= 11 is 0. The first-order chi connectivity index (χ1) is 9.56. The van der Waals surface area contributed by atoms with Crippen LogP contribution in [0.15, 0.2) is 0 Å². The predicted octanol–water partition coefficient (Wildman–Crippen LogP) is 0.841. The quantitative estimate of drug-likeness (QED) is 0.601. The van der Waals surface area contributed by atoms with E-state index in [-0.39, 0.29) is 12.8 Å². The first-order valence-electron chi connectivity index (χ1n) is 7.18. The molecule has 2 fully saturated rings. The van der Waals surface area contributed by atoms with Gasteiger partial charge in [0.05, 0.1) is 30.5 Å². The van der Waals surface area contributed by atoms with Crippen LogP contribution in [0.1, 0.15) is 40.5 Å². The Morgan fingerprint density at radius 3 is 2.29 bits per heavy atom. The van der Waals surface area contributed by atoms with E-state index in [1.54, 1.807) is 0 Å². The maximum atomic E-state index is 11.8. The molecule has 1 saturated carbocycles. The lowest BCUT2D eigenvalue weighted by molar-refractivity contribution is -0.319. The van der Waals surface area contributed by atoms with Crippen LogP contribution in [0, 0.1) is 5.92 Å². The number of carbonyl (C=O) groups excluding carboxylic acids is 2. The monoisotopic (exact) mass is 300 g/mol. The van der Waals surface area contributed by atoms with Crippen LogP contribution in [0.5, 0.6) is 0 Å². The topological polar surface area (TPSA) is 82.1 Å². The maximum Gasteiger partial charge on any atom is 0.337 e. The van der Waals surface area contributed by atoms with Crippen molar-refractivity contribution in [3.63, 3.8) is 0 Å². The molecule has 1 aliphatic heterocycles. The SMILES string of the molecule is COC(=O)C1(O)CC(C=O)C2OC(C)(C)C(C)(C)OC2C1. The molecule has 0 aromatic carbocycles. The van der Waals surface area contributed by atoms with Gasteiger partial charge in [0.1, 0.15) is 6.29 Å². The maximum absolute atomic E-state index is 11.8. The first kappa shape index (κ1) is 16.4. The summed E-state index contributed by atoms with van der Waals surface area (Å²) in [7, 11) is 1.22. The van der Waals surface area contributed by atoms with Gasteiger partial charge in [0, 0.05) is 12.3 Å². The van der Waals surface area contributed by atoms with E-state index in [1.807, 2.05) is 27.7 Å². The Balaban J connectivity index is 2.31. The highest BCUT2D eigenvalue weighted by Gasteiger charge is 2.58. The molecule has 6 heteroatoms. The van der Waals surface area contributed by atoms with Crippen LogP contribution in [0.3, 0.4) is 0 Å². The van der Waals surface area contributed by atoms with Crippen molar-refractivity contribution < 1.29 is 28.9 Å². The summed E-state index contributed by atoms with van der Waals surface area (Å²) in [6.07, 6.45) is -0.211. The summed E-state index contributed by atoms with van der Waals surface area (Å²) in [4.78, 5) is 23.2. The molecule has 0 aromatic rings. The van der Waals surface area contributed by atoms with E-state index in [0.717, 1.165) is 6.29 Å². The van der Waals surface area contributed by atoms with Gasteiger partial charge >= 0.3 is 5.97 Å². The second kappa shape index (κ2) is 5.04. The summed E-state index contributed by atoms with van der Waals surface area (Å²) in [5.41, 5.74) is -2.88. The lowest BCUT2D eigenvalue weighted by atomic mass is 9.73. The number of hydrogen-bond acceptors (Lipinski definition) is 6. The molecule has 1 aliphatic carbocycles. The molecule has 6 nitrogen and oxygen atoms in total. The number of methoxy groups -OCH3 is 1. The van der Waals surface area contributed by atoms with Crippen molar-refractivity contribution >= 4 is 12.3 Å². The minimum absolute atomic E-state index is 0.00971. The largest absolute Gasteiger partial charge is 0.467 e. The Bertz CT molecular complexity index is 443. The second-order valence-electron chi connectivity index (χ2n) is 6.99. The Labute approximate surface area is 124 Å². The molecule has 0 bridgehead atoms. The molecule has 0 amide bonds. The molecule has 4 unspecified atom stereocenters. The van der Waals surface area contributed by atoms with E-state index in [1.165, 1.54) is 7.11 Å². The predicted molar refractivity (Wildman–Crippen MR) is 73.7 cm³/mol. The zero-order valence-electron chi connectivity index (χ0n) is 13.2. The van der Waals surface area contributed by atoms with Crippen molar-refractivity contribution in [1.29, 1.82) is 0 Å². The van der Waals surface area contributed by atoms with Gasteiger partial charge in [-0.2, -0.15) is 0 Å². The lowest BCUT2D eigenvalue weighted by Gasteiger charge is -2.56. The van der Waals surface area contributed by atoms with Gasteiger partial charge in [-0.1, -0.05) is 0 Å². The van der Waals surface area contributed by atoms with Crippen LogP contribution < -0.4 is 0 Å². The summed E-state index contributed by atoms with van der Waals surface area (Å²) in [6.45, 7) is 7.61. The van der Waals surface area contributed by atoms with Gasteiger partial charge in [0.25, 0.3) is 0 Å². The van der Waals surface area contributed by atoms with Crippen LogP contribution in [-0.2, 0) is 23.8 Å². The fourth-order valence-electron chi connectivity index (χ4n) is 3.07. The summed E-state index contributed by atoms with van der Waals surface area (Å²) < 4.78 is 16.8. The molecular formula is C15H24O6. The molecule has 0 spiro atoms. The van der Waals surface area contributed by atoms with E-state index in [2.05, 4.69) is 4.74 Å². The second-order valence-corrected chi connectivity index (χ2v) is 6.99. The molecule has 1 N–H and O–H groups in total. The number of hydrogen-bond donors (Lipinski definition) is 1. The van der Waals surface area contributed by atoms with Gasteiger partial charge in [-0.25, -0.2) is 4.79 Å². The summed E-state index contributed by atoms with van der Waals surface area (Å²) in [5.74, 6) is -1.35. The van der Waals surface area contributed by atoms with Crippen LogP contribution in [0.4, 0.5) is 0 Å². The van der Waals surface area contributed by atoms with Gasteiger partial charge in [0.15, 0.2) is 5.60 Å². The smallest absolute Gasteiger partial charge is 0.337 e. The number of aldehydes is 1. The highest BCUT2D eigenvalue weighted by Crippen LogP contribution is 2.46. The lowest BCUT2D eigenvalue weighted by Crippen LogP contribution is -2.66.